The zero-order valence-electron chi connectivity index (χ0n) is 22.9. The first-order chi connectivity index (χ1) is 19.3. The van der Waals surface area contributed by atoms with Gasteiger partial charge in [0, 0.05) is 33.8 Å². The zero-order valence-corrected chi connectivity index (χ0v) is 24.4. The van der Waals surface area contributed by atoms with Crippen molar-refractivity contribution in [3.63, 3.8) is 0 Å². The van der Waals surface area contributed by atoms with Gasteiger partial charge in [-0.15, -0.1) is 0 Å². The summed E-state index contributed by atoms with van der Waals surface area (Å²) in [6.45, 7) is 4.55. The number of hydrogen-bond donors (Lipinski definition) is 0. The number of carbonyl (C=O) groups excluding carboxylic acids is 1. The summed E-state index contributed by atoms with van der Waals surface area (Å²) in [6.07, 6.45) is 5.41. The summed E-state index contributed by atoms with van der Waals surface area (Å²) in [4.78, 5) is 17.2. The molecule has 4 aromatic rings. The Morgan fingerprint density at radius 1 is 0.800 bits per heavy atom. The Labute approximate surface area is 246 Å². The van der Waals surface area contributed by atoms with Gasteiger partial charge in [-0.1, -0.05) is 97.7 Å². The molecule has 0 saturated heterocycles. The van der Waals surface area contributed by atoms with Gasteiger partial charge in [0.1, 0.15) is 0 Å². The first kappa shape index (κ1) is 26.6. The lowest BCUT2D eigenvalue weighted by Crippen LogP contribution is -2.62. The molecule has 0 amide bonds. The number of ketones is 1. The van der Waals surface area contributed by atoms with Crippen LogP contribution in [0.3, 0.4) is 0 Å². The molecule has 200 valence electrons. The number of benzene rings is 4. The number of carbonyl (C=O) groups is 1. The van der Waals surface area contributed by atoms with E-state index in [1.807, 2.05) is 42.5 Å². The van der Waals surface area contributed by atoms with E-state index in [1.54, 1.807) is 12.1 Å². The van der Waals surface area contributed by atoms with Crippen molar-refractivity contribution in [3.05, 3.63) is 148 Å². The number of nitrogens with zero attached hydrogens (tertiary/aromatic N) is 1. The second-order valence-electron chi connectivity index (χ2n) is 11.0. The highest BCUT2D eigenvalue weighted by Gasteiger charge is 2.63. The Morgan fingerprint density at radius 2 is 1.40 bits per heavy atom. The van der Waals surface area contributed by atoms with E-state index in [-0.39, 0.29) is 11.2 Å². The molecule has 1 aliphatic carbocycles. The molecule has 40 heavy (non-hydrogen) atoms. The van der Waals surface area contributed by atoms with Crippen LogP contribution in [0.15, 0.2) is 115 Å². The van der Waals surface area contributed by atoms with Crippen molar-refractivity contribution < 1.29 is 4.79 Å². The Morgan fingerprint density at radius 3 is 2.05 bits per heavy atom. The summed E-state index contributed by atoms with van der Waals surface area (Å²) in [5.41, 5.74) is 6.21. The third-order valence-corrected chi connectivity index (χ3v) is 9.62. The molecule has 2 nitrogen and oxygen atoms in total. The summed E-state index contributed by atoms with van der Waals surface area (Å²) in [5.74, 6) is -0.396. The van der Waals surface area contributed by atoms with Crippen molar-refractivity contribution in [2.45, 2.75) is 31.2 Å². The van der Waals surface area contributed by atoms with Crippen LogP contribution in [-0.4, -0.2) is 18.4 Å². The number of rotatable bonds is 5. The van der Waals surface area contributed by atoms with E-state index in [0.29, 0.717) is 15.6 Å². The topological polar surface area (TPSA) is 20.3 Å². The normalized spacial score (nSPS) is 23.5. The van der Waals surface area contributed by atoms with Gasteiger partial charge in [-0.25, -0.2) is 0 Å². The first-order valence-electron chi connectivity index (χ1n) is 13.7. The number of fused-ring (bicyclic) bond motifs is 1. The Hall–Kier alpha value is -3.59. The van der Waals surface area contributed by atoms with Crippen LogP contribution in [0.4, 0.5) is 5.69 Å². The minimum absolute atomic E-state index is 0.0810. The maximum Gasteiger partial charge on any atom is 0.173 e. The lowest BCUT2D eigenvalue weighted by molar-refractivity contribution is 0.0877. The smallest absolute Gasteiger partial charge is 0.173 e. The van der Waals surface area contributed by atoms with Crippen LogP contribution in [0.5, 0.6) is 0 Å². The average molecular weight is 565 g/mol. The molecule has 1 heterocycles. The molecular formula is C36H31Cl2NO. The van der Waals surface area contributed by atoms with E-state index >= 15 is 0 Å². The van der Waals surface area contributed by atoms with E-state index in [0.717, 1.165) is 34.4 Å². The molecule has 0 aromatic heterocycles. The summed E-state index contributed by atoms with van der Waals surface area (Å²) in [7, 11) is 2.14. The summed E-state index contributed by atoms with van der Waals surface area (Å²) < 4.78 is 0. The minimum Gasteiger partial charge on any atom is -0.363 e. The van der Waals surface area contributed by atoms with E-state index in [2.05, 4.69) is 86.5 Å². The molecule has 0 bridgehead atoms. The molecule has 0 unspecified atom stereocenters. The largest absolute Gasteiger partial charge is 0.363 e. The second kappa shape index (κ2) is 10.1. The van der Waals surface area contributed by atoms with E-state index < -0.39 is 11.5 Å². The van der Waals surface area contributed by atoms with Gasteiger partial charge in [-0.3, -0.25) is 4.79 Å². The van der Waals surface area contributed by atoms with Crippen LogP contribution in [0.2, 0.25) is 10.0 Å². The molecule has 6 rings (SSSR count). The van der Waals surface area contributed by atoms with Gasteiger partial charge < -0.3 is 4.90 Å². The Balaban J connectivity index is 1.69. The maximum absolute atomic E-state index is 14.9. The van der Waals surface area contributed by atoms with Gasteiger partial charge in [0.2, 0.25) is 0 Å². The number of likely N-dealkylation sites (N-methyl/N-ethyl adjacent to an activating group) is 1. The molecule has 2 aliphatic rings. The lowest BCUT2D eigenvalue weighted by atomic mass is 9.55. The van der Waals surface area contributed by atoms with Crippen molar-refractivity contribution in [2.24, 2.45) is 5.92 Å². The van der Waals surface area contributed by atoms with Crippen molar-refractivity contribution >= 4 is 45.8 Å². The minimum atomic E-state index is -0.683. The fourth-order valence-electron chi connectivity index (χ4n) is 6.92. The van der Waals surface area contributed by atoms with Crippen molar-refractivity contribution in [1.82, 2.24) is 0 Å². The Kier molecular flexibility index (Phi) is 6.73. The van der Waals surface area contributed by atoms with Crippen LogP contribution in [0.1, 0.15) is 47.3 Å². The number of anilines is 1. The van der Waals surface area contributed by atoms with Gasteiger partial charge in [0.15, 0.2) is 5.78 Å². The predicted molar refractivity (Wildman–Crippen MR) is 168 cm³/mol. The molecule has 0 fully saturated rings. The van der Waals surface area contributed by atoms with Crippen molar-refractivity contribution in [2.75, 3.05) is 11.9 Å². The van der Waals surface area contributed by atoms with Gasteiger partial charge in [-0.05, 0) is 88.9 Å². The van der Waals surface area contributed by atoms with Crippen LogP contribution >= 0.6 is 23.2 Å². The van der Waals surface area contributed by atoms with Crippen LogP contribution in [-0.2, 0) is 5.41 Å². The standard InChI is InChI=1S/C36H31Cl2NO/c1-4-35(2)31-12-8-9-13-32(31)39(3)36(35)23-27(24-14-18-28(37)19-15-24)22-30(25-10-6-5-7-11-25)33(36)34(40)26-16-20-29(38)21-17-26/h5-23,33H,4H2,1-3H3/t33-,35-,36-/m0/s1. The van der Waals surface area contributed by atoms with Crippen molar-refractivity contribution in [1.29, 1.82) is 0 Å². The van der Waals surface area contributed by atoms with Gasteiger partial charge in [0.05, 0.1) is 11.5 Å². The number of hydrogen-bond acceptors (Lipinski definition) is 2. The third kappa shape index (κ3) is 3.97. The monoisotopic (exact) mass is 563 g/mol. The maximum atomic E-state index is 14.9. The van der Waals surface area contributed by atoms with Gasteiger partial charge >= 0.3 is 0 Å². The van der Waals surface area contributed by atoms with E-state index in [1.165, 1.54) is 5.56 Å². The average Bonchev–Trinajstić information content (AvgIpc) is 3.17. The highest BCUT2D eigenvalue weighted by Crippen LogP contribution is 2.61. The fourth-order valence-corrected chi connectivity index (χ4v) is 7.17. The molecule has 4 aromatic carbocycles. The fraction of sp³-hybridized carbons (Fsp3) is 0.194. The zero-order chi connectivity index (χ0) is 28.1. The molecule has 0 N–H and O–H groups in total. The molecule has 1 spiro atoms. The molecular weight excluding hydrogens is 533 g/mol. The summed E-state index contributed by atoms with van der Waals surface area (Å²) >= 11 is 12.5. The molecule has 0 radical (unpaired) electrons. The van der Waals surface area contributed by atoms with E-state index in [9.17, 15) is 4.79 Å². The molecule has 1 aliphatic heterocycles. The number of halogens is 2. The summed E-state index contributed by atoms with van der Waals surface area (Å²) in [5, 5.41) is 1.31. The second-order valence-corrected chi connectivity index (χ2v) is 11.8. The van der Waals surface area contributed by atoms with Gasteiger partial charge in [0.25, 0.3) is 0 Å². The Bertz CT molecular complexity index is 1640. The van der Waals surface area contributed by atoms with Crippen LogP contribution < -0.4 is 4.90 Å². The van der Waals surface area contributed by atoms with E-state index in [4.69, 9.17) is 23.2 Å². The number of allylic oxidation sites excluding steroid dienone is 2. The predicted octanol–water partition coefficient (Wildman–Crippen LogP) is 9.53. The highest BCUT2D eigenvalue weighted by molar-refractivity contribution is 6.31. The highest BCUT2D eigenvalue weighted by atomic mass is 35.5. The van der Waals surface area contributed by atoms with Crippen LogP contribution in [0.25, 0.3) is 11.1 Å². The lowest BCUT2D eigenvalue weighted by Gasteiger charge is -2.53. The number of Topliss-reactive ketones (excluding diaryl/α,β-unsaturated/α-hetero) is 1. The SMILES string of the molecule is CC[C@@]1(C)c2ccccc2N(C)[C@]12C=C(c1ccc(Cl)cc1)C=C(c1ccccc1)[C@H]2C(=O)c1ccc(Cl)cc1. The van der Waals surface area contributed by atoms with Gasteiger partial charge in [-0.2, -0.15) is 0 Å². The third-order valence-electron chi connectivity index (χ3n) is 9.12. The van der Waals surface area contributed by atoms with Crippen LogP contribution in [0, 0.1) is 5.92 Å². The van der Waals surface area contributed by atoms with Crippen molar-refractivity contribution in [3.8, 4) is 0 Å². The summed E-state index contributed by atoms with van der Waals surface area (Å²) in [6, 6.07) is 34.2. The number of para-hydroxylation sites is 1. The molecule has 0 saturated carbocycles. The quantitative estimate of drug-likeness (QED) is 0.225. The molecule has 3 atom stereocenters. The first-order valence-corrected chi connectivity index (χ1v) is 14.4. The molecule has 4 heteroatoms.